The molecule has 10 nitrogen and oxygen atoms in total. The SMILES string of the molecule is CCOc1ncc(F)c(NC2NNC3C2CN(C(=O)N2C[C@]4(C)CCCN4C[C@@H]2C)C3(C)C)n1. The fourth-order valence-electron chi connectivity index (χ4n) is 6.30. The van der Waals surface area contributed by atoms with E-state index in [1.54, 1.807) is 0 Å². The van der Waals surface area contributed by atoms with Crippen molar-refractivity contribution in [1.82, 2.24) is 35.5 Å². The third kappa shape index (κ3) is 3.77. The van der Waals surface area contributed by atoms with Crippen LogP contribution in [0.5, 0.6) is 6.01 Å². The van der Waals surface area contributed by atoms with E-state index >= 15 is 0 Å². The van der Waals surface area contributed by atoms with E-state index in [0.717, 1.165) is 32.3 Å². The molecule has 11 heteroatoms. The lowest BCUT2D eigenvalue weighted by Crippen LogP contribution is -2.66. The lowest BCUT2D eigenvalue weighted by Gasteiger charge is -2.50. The summed E-state index contributed by atoms with van der Waals surface area (Å²) in [6.45, 7) is 14.2. The fraction of sp³-hybridized carbons (Fsp3) is 0.783. The van der Waals surface area contributed by atoms with Gasteiger partial charge in [-0.1, -0.05) is 0 Å². The number of aromatic nitrogens is 2. The maximum Gasteiger partial charge on any atom is 0.320 e. The first-order chi connectivity index (χ1) is 16.1. The van der Waals surface area contributed by atoms with E-state index in [-0.39, 0.29) is 47.6 Å². The molecule has 2 amide bonds. The number of amides is 2. The van der Waals surface area contributed by atoms with Gasteiger partial charge in [0.05, 0.1) is 30.6 Å². The summed E-state index contributed by atoms with van der Waals surface area (Å²) in [5.41, 5.74) is 6.24. The van der Waals surface area contributed by atoms with Gasteiger partial charge in [-0.2, -0.15) is 4.98 Å². The summed E-state index contributed by atoms with van der Waals surface area (Å²) in [5.74, 6) is -0.433. The largest absolute Gasteiger partial charge is 0.464 e. The van der Waals surface area contributed by atoms with Crippen molar-refractivity contribution in [3.05, 3.63) is 12.0 Å². The molecule has 0 spiro atoms. The molecule has 0 radical (unpaired) electrons. The highest BCUT2D eigenvalue weighted by molar-refractivity contribution is 5.77. The van der Waals surface area contributed by atoms with Crippen LogP contribution >= 0.6 is 0 Å². The number of fused-ring (bicyclic) bond motifs is 2. The summed E-state index contributed by atoms with van der Waals surface area (Å²) in [4.78, 5) is 28.5. The molecule has 0 saturated carbocycles. The highest BCUT2D eigenvalue weighted by Crippen LogP contribution is 2.40. The van der Waals surface area contributed by atoms with Crippen molar-refractivity contribution in [2.75, 3.05) is 38.1 Å². The molecule has 1 aromatic rings. The molecule has 1 aromatic heterocycles. The van der Waals surface area contributed by atoms with Gasteiger partial charge in [-0.25, -0.2) is 19.6 Å². The number of carbonyl (C=O) groups excluding carboxylic acids is 1. The number of carbonyl (C=O) groups is 1. The van der Waals surface area contributed by atoms with Gasteiger partial charge in [0, 0.05) is 37.1 Å². The number of urea groups is 1. The van der Waals surface area contributed by atoms with Crippen LogP contribution in [0, 0.1) is 11.7 Å². The first-order valence-corrected chi connectivity index (χ1v) is 12.4. The predicted octanol–water partition coefficient (Wildman–Crippen LogP) is 1.62. The van der Waals surface area contributed by atoms with E-state index < -0.39 is 11.4 Å². The molecule has 5 atom stereocenters. The number of anilines is 1. The Morgan fingerprint density at radius 3 is 2.88 bits per heavy atom. The van der Waals surface area contributed by atoms with Gasteiger partial charge in [-0.05, 0) is 54.0 Å². The molecule has 0 aromatic carbocycles. The molecule has 188 valence electrons. The minimum absolute atomic E-state index is 0.00359. The van der Waals surface area contributed by atoms with Crippen molar-refractivity contribution in [3.8, 4) is 6.01 Å². The summed E-state index contributed by atoms with van der Waals surface area (Å²) < 4.78 is 19.7. The number of piperazine rings is 1. The zero-order valence-electron chi connectivity index (χ0n) is 20.8. The molecule has 4 aliphatic rings. The molecule has 5 heterocycles. The zero-order valence-corrected chi connectivity index (χ0v) is 20.8. The van der Waals surface area contributed by atoms with E-state index in [0.29, 0.717) is 13.2 Å². The third-order valence-corrected chi connectivity index (χ3v) is 8.30. The van der Waals surface area contributed by atoms with Crippen LogP contribution in [0.4, 0.5) is 15.0 Å². The van der Waals surface area contributed by atoms with Gasteiger partial charge in [-0.3, -0.25) is 10.3 Å². The van der Waals surface area contributed by atoms with Crippen molar-refractivity contribution < 1.29 is 13.9 Å². The van der Waals surface area contributed by atoms with Gasteiger partial charge in [0.2, 0.25) is 0 Å². The molecule has 0 bridgehead atoms. The molecule has 5 rings (SSSR count). The maximum absolute atomic E-state index is 14.4. The molecule has 3 N–H and O–H groups in total. The monoisotopic (exact) mass is 476 g/mol. The lowest BCUT2D eigenvalue weighted by molar-refractivity contribution is 0.00953. The number of rotatable bonds is 4. The molecule has 4 aliphatic heterocycles. The Kier molecular flexibility index (Phi) is 5.84. The van der Waals surface area contributed by atoms with Crippen LogP contribution in [0.15, 0.2) is 6.20 Å². The average molecular weight is 477 g/mol. The van der Waals surface area contributed by atoms with Gasteiger partial charge in [-0.15, -0.1) is 0 Å². The molecule has 4 saturated heterocycles. The number of likely N-dealkylation sites (tertiary alicyclic amines) is 1. The van der Waals surface area contributed by atoms with E-state index in [4.69, 9.17) is 4.74 Å². The predicted molar refractivity (Wildman–Crippen MR) is 126 cm³/mol. The second kappa shape index (κ2) is 8.46. The van der Waals surface area contributed by atoms with Crippen LogP contribution in [0.3, 0.4) is 0 Å². The highest BCUT2D eigenvalue weighted by atomic mass is 19.1. The number of hydrogen-bond acceptors (Lipinski definition) is 8. The Hall–Kier alpha value is -2.24. The number of nitrogens with one attached hydrogen (secondary N) is 3. The molecular weight excluding hydrogens is 439 g/mol. The van der Waals surface area contributed by atoms with Crippen molar-refractivity contribution in [3.63, 3.8) is 0 Å². The van der Waals surface area contributed by atoms with E-state index in [9.17, 15) is 9.18 Å². The van der Waals surface area contributed by atoms with Gasteiger partial charge >= 0.3 is 12.0 Å². The van der Waals surface area contributed by atoms with Crippen molar-refractivity contribution in [2.24, 2.45) is 5.92 Å². The van der Waals surface area contributed by atoms with Crippen LogP contribution in [0.25, 0.3) is 0 Å². The number of nitrogens with zero attached hydrogens (tertiary/aromatic N) is 5. The number of hydrazine groups is 1. The minimum Gasteiger partial charge on any atom is -0.464 e. The Labute approximate surface area is 200 Å². The van der Waals surface area contributed by atoms with Crippen molar-refractivity contribution >= 4 is 11.8 Å². The molecule has 0 aliphatic carbocycles. The van der Waals surface area contributed by atoms with E-state index in [1.165, 1.54) is 6.42 Å². The minimum atomic E-state index is -0.546. The van der Waals surface area contributed by atoms with Gasteiger partial charge < -0.3 is 19.9 Å². The molecule has 34 heavy (non-hydrogen) atoms. The topological polar surface area (TPSA) is 97.9 Å². The summed E-state index contributed by atoms with van der Waals surface area (Å²) in [6.07, 6.45) is 3.13. The van der Waals surface area contributed by atoms with Gasteiger partial charge in [0.25, 0.3) is 0 Å². The number of halogens is 1. The third-order valence-electron chi connectivity index (χ3n) is 8.30. The number of ether oxygens (including phenoxy) is 1. The van der Waals surface area contributed by atoms with Crippen LogP contribution in [0.2, 0.25) is 0 Å². The Morgan fingerprint density at radius 1 is 1.32 bits per heavy atom. The van der Waals surface area contributed by atoms with Crippen LogP contribution in [-0.4, -0.2) is 92.8 Å². The summed E-state index contributed by atoms with van der Waals surface area (Å²) in [7, 11) is 0. The van der Waals surface area contributed by atoms with Gasteiger partial charge in [0.15, 0.2) is 11.6 Å². The van der Waals surface area contributed by atoms with Crippen LogP contribution in [0.1, 0.15) is 47.5 Å². The van der Waals surface area contributed by atoms with Crippen molar-refractivity contribution in [1.29, 1.82) is 0 Å². The highest BCUT2D eigenvalue weighted by Gasteiger charge is 2.57. The smallest absolute Gasteiger partial charge is 0.320 e. The Bertz CT molecular complexity index is 948. The molecule has 4 fully saturated rings. The maximum atomic E-state index is 14.4. The summed E-state index contributed by atoms with van der Waals surface area (Å²) in [5, 5.41) is 3.16. The Balaban J connectivity index is 1.32. The summed E-state index contributed by atoms with van der Waals surface area (Å²) >= 11 is 0. The quantitative estimate of drug-likeness (QED) is 0.603. The normalized spacial score (nSPS) is 34.8. The summed E-state index contributed by atoms with van der Waals surface area (Å²) in [6, 6.07) is 0.393. The lowest BCUT2D eigenvalue weighted by atomic mass is 9.90. The standard InChI is InChI=1S/C23H37FN8O2/c1-6-34-20-25-10-16(24)19(27-20)26-18-15-12-32(22(3,4)17(15)28-29-18)21(33)31-13-23(5)8-7-9-30(23)11-14(31)2/h10,14-15,17-18,28-29H,6-9,11-13H2,1-5H3,(H,25,26,27)/t14-,15?,17?,18?,23-/m0/s1. The second-order valence-corrected chi connectivity index (χ2v) is 10.9. The second-order valence-electron chi connectivity index (χ2n) is 10.9. The van der Waals surface area contributed by atoms with E-state index in [1.807, 2.05) is 11.8 Å². The van der Waals surface area contributed by atoms with E-state index in [2.05, 4.69) is 63.6 Å². The van der Waals surface area contributed by atoms with Crippen molar-refractivity contribution in [2.45, 2.75) is 76.8 Å². The Morgan fingerprint density at radius 2 is 2.12 bits per heavy atom. The van der Waals surface area contributed by atoms with Crippen LogP contribution in [-0.2, 0) is 0 Å². The number of hydrogen-bond donors (Lipinski definition) is 3. The molecular formula is C23H37FN8O2. The zero-order chi connectivity index (χ0) is 24.3. The first-order valence-electron chi connectivity index (χ1n) is 12.4. The van der Waals surface area contributed by atoms with Crippen LogP contribution < -0.4 is 20.9 Å². The first kappa shape index (κ1) is 23.5. The molecule has 3 unspecified atom stereocenters. The average Bonchev–Trinajstić information content (AvgIpc) is 3.43. The fourth-order valence-corrected chi connectivity index (χ4v) is 6.30. The van der Waals surface area contributed by atoms with Gasteiger partial charge in [0.1, 0.15) is 0 Å².